The largest absolute Gasteiger partial charge is 0.495 e. The number of nitrogens with one attached hydrogen (secondary N) is 1. The number of nitrogens with zero attached hydrogens (tertiary/aromatic N) is 4. The molecular formula is C19H22ClN5O4S. The second-order valence-corrected chi connectivity index (χ2v) is 8.88. The van der Waals surface area contributed by atoms with Crippen molar-refractivity contribution in [2.45, 2.75) is 32.2 Å². The van der Waals surface area contributed by atoms with Gasteiger partial charge in [0.25, 0.3) is 5.56 Å². The Bertz CT molecular complexity index is 1250. The van der Waals surface area contributed by atoms with Crippen LogP contribution in [0, 0.1) is 20.8 Å². The van der Waals surface area contributed by atoms with Crippen molar-refractivity contribution in [2.75, 3.05) is 13.7 Å². The Morgan fingerprint density at radius 1 is 1.13 bits per heavy atom. The maximum absolute atomic E-state index is 12.7. The van der Waals surface area contributed by atoms with E-state index in [1.54, 1.807) is 23.7 Å². The van der Waals surface area contributed by atoms with Crippen LogP contribution in [0.25, 0.3) is 5.82 Å². The molecule has 30 heavy (non-hydrogen) atoms. The molecular weight excluding hydrogens is 430 g/mol. The second-order valence-electron chi connectivity index (χ2n) is 6.74. The summed E-state index contributed by atoms with van der Waals surface area (Å²) in [5.41, 5.74) is 1.85. The van der Waals surface area contributed by atoms with E-state index in [2.05, 4.69) is 14.9 Å². The van der Waals surface area contributed by atoms with Crippen LogP contribution in [0.4, 0.5) is 0 Å². The second kappa shape index (κ2) is 8.58. The fourth-order valence-corrected chi connectivity index (χ4v) is 4.60. The van der Waals surface area contributed by atoms with Gasteiger partial charge in [-0.15, -0.1) is 5.10 Å². The molecule has 2 aromatic heterocycles. The minimum Gasteiger partial charge on any atom is -0.495 e. The van der Waals surface area contributed by atoms with E-state index in [-0.39, 0.29) is 28.6 Å². The Hall–Kier alpha value is -2.69. The molecule has 0 unspecified atom stereocenters. The molecule has 0 aliphatic carbocycles. The third-order valence-corrected chi connectivity index (χ3v) is 6.33. The minimum absolute atomic E-state index is 0.0289. The van der Waals surface area contributed by atoms with Crippen LogP contribution in [0.1, 0.15) is 17.0 Å². The van der Waals surface area contributed by atoms with Crippen LogP contribution in [0.15, 0.2) is 40.0 Å². The van der Waals surface area contributed by atoms with Crippen molar-refractivity contribution in [3.63, 3.8) is 0 Å². The molecule has 0 spiro atoms. The molecule has 2 heterocycles. The first kappa shape index (κ1) is 22.0. The smallest absolute Gasteiger partial charge is 0.266 e. The zero-order valence-corrected chi connectivity index (χ0v) is 18.6. The molecule has 0 saturated carbocycles. The van der Waals surface area contributed by atoms with Crippen LogP contribution in [0.5, 0.6) is 5.75 Å². The van der Waals surface area contributed by atoms with E-state index in [1.807, 2.05) is 19.9 Å². The summed E-state index contributed by atoms with van der Waals surface area (Å²) in [7, 11) is -2.38. The van der Waals surface area contributed by atoms with Gasteiger partial charge in [-0.25, -0.2) is 22.5 Å². The van der Waals surface area contributed by atoms with Crippen molar-refractivity contribution in [2.24, 2.45) is 0 Å². The predicted octanol–water partition coefficient (Wildman–Crippen LogP) is 1.99. The molecule has 1 aromatic carbocycles. The van der Waals surface area contributed by atoms with Crippen molar-refractivity contribution in [1.82, 2.24) is 24.3 Å². The molecule has 0 fully saturated rings. The third kappa shape index (κ3) is 4.55. The topological polar surface area (TPSA) is 108 Å². The molecule has 0 saturated heterocycles. The van der Waals surface area contributed by atoms with E-state index in [9.17, 15) is 13.2 Å². The van der Waals surface area contributed by atoms with E-state index >= 15 is 0 Å². The van der Waals surface area contributed by atoms with Gasteiger partial charge in [-0.1, -0.05) is 11.6 Å². The molecule has 0 aliphatic heterocycles. The van der Waals surface area contributed by atoms with Gasteiger partial charge < -0.3 is 4.74 Å². The standard InChI is InChI=1S/C19H22ClN5O4S/c1-12-9-16(29-4)15(20)11-17(12)30(27,28)21-7-8-24-19(26)6-5-18(23-24)25-14(3)10-13(2)22-25/h5-6,9-11,21H,7-8H2,1-4H3. The van der Waals surface area contributed by atoms with Gasteiger partial charge in [0.2, 0.25) is 10.0 Å². The highest BCUT2D eigenvalue weighted by atomic mass is 35.5. The number of aryl methyl sites for hydroxylation is 3. The van der Waals surface area contributed by atoms with Crippen molar-refractivity contribution in [3.05, 3.63) is 62.7 Å². The number of halogens is 1. The van der Waals surface area contributed by atoms with Gasteiger partial charge in [-0.05, 0) is 50.6 Å². The van der Waals surface area contributed by atoms with Gasteiger partial charge in [0.1, 0.15) is 5.75 Å². The van der Waals surface area contributed by atoms with Crippen molar-refractivity contribution in [1.29, 1.82) is 0 Å². The number of hydrogen-bond donors (Lipinski definition) is 1. The van der Waals surface area contributed by atoms with Gasteiger partial charge in [0.05, 0.1) is 29.3 Å². The first-order chi connectivity index (χ1) is 14.1. The maximum Gasteiger partial charge on any atom is 0.266 e. The van der Waals surface area contributed by atoms with Gasteiger partial charge >= 0.3 is 0 Å². The molecule has 0 atom stereocenters. The lowest BCUT2D eigenvalue weighted by atomic mass is 10.2. The van der Waals surface area contributed by atoms with Gasteiger partial charge in [0.15, 0.2) is 5.82 Å². The summed E-state index contributed by atoms with van der Waals surface area (Å²) >= 11 is 6.07. The molecule has 3 aromatic rings. The van der Waals surface area contributed by atoms with Crippen LogP contribution in [0.2, 0.25) is 5.02 Å². The highest BCUT2D eigenvalue weighted by Crippen LogP contribution is 2.29. The summed E-state index contributed by atoms with van der Waals surface area (Å²) in [6.45, 7) is 5.42. The van der Waals surface area contributed by atoms with E-state index < -0.39 is 10.0 Å². The average molecular weight is 452 g/mol. The van der Waals surface area contributed by atoms with Gasteiger partial charge in [-0.3, -0.25) is 4.79 Å². The normalized spacial score (nSPS) is 11.6. The molecule has 3 rings (SSSR count). The van der Waals surface area contributed by atoms with Crippen LogP contribution >= 0.6 is 11.6 Å². The number of sulfonamides is 1. The van der Waals surface area contributed by atoms with Gasteiger partial charge in [-0.2, -0.15) is 5.10 Å². The molecule has 9 nitrogen and oxygen atoms in total. The quantitative estimate of drug-likeness (QED) is 0.588. The average Bonchev–Trinajstić information content (AvgIpc) is 3.02. The molecule has 0 radical (unpaired) electrons. The number of aromatic nitrogens is 4. The third-order valence-electron chi connectivity index (χ3n) is 4.43. The van der Waals surface area contributed by atoms with Gasteiger partial charge in [0, 0.05) is 18.3 Å². The highest BCUT2D eigenvalue weighted by molar-refractivity contribution is 7.89. The predicted molar refractivity (Wildman–Crippen MR) is 113 cm³/mol. The van der Waals surface area contributed by atoms with E-state index in [4.69, 9.17) is 16.3 Å². The number of benzene rings is 1. The molecule has 1 N–H and O–H groups in total. The summed E-state index contributed by atoms with van der Waals surface area (Å²) in [6, 6.07) is 7.74. The first-order valence-electron chi connectivity index (χ1n) is 9.08. The van der Waals surface area contributed by atoms with Crippen LogP contribution in [-0.2, 0) is 16.6 Å². The Balaban J connectivity index is 1.78. The number of rotatable bonds is 7. The Morgan fingerprint density at radius 3 is 2.50 bits per heavy atom. The lowest BCUT2D eigenvalue weighted by Crippen LogP contribution is -2.32. The molecule has 160 valence electrons. The molecule has 0 bridgehead atoms. The Kier molecular flexibility index (Phi) is 6.30. The zero-order valence-electron chi connectivity index (χ0n) is 17.0. The summed E-state index contributed by atoms with van der Waals surface area (Å²) < 4.78 is 35.8. The Morgan fingerprint density at radius 2 is 1.87 bits per heavy atom. The summed E-state index contributed by atoms with van der Waals surface area (Å²) in [5.74, 6) is 0.866. The molecule has 0 aliphatic rings. The fourth-order valence-electron chi connectivity index (χ4n) is 3.02. The molecule has 0 amide bonds. The lowest BCUT2D eigenvalue weighted by Gasteiger charge is -2.12. The highest BCUT2D eigenvalue weighted by Gasteiger charge is 2.19. The first-order valence-corrected chi connectivity index (χ1v) is 10.9. The fraction of sp³-hybridized carbons (Fsp3) is 0.316. The Labute approximate surface area is 179 Å². The lowest BCUT2D eigenvalue weighted by molar-refractivity contribution is 0.414. The summed E-state index contributed by atoms with van der Waals surface area (Å²) in [5, 5.41) is 8.84. The zero-order chi connectivity index (χ0) is 22.1. The molecule has 11 heteroatoms. The van der Waals surface area contributed by atoms with Crippen LogP contribution < -0.4 is 15.0 Å². The maximum atomic E-state index is 12.7. The number of methoxy groups -OCH3 is 1. The van der Waals surface area contributed by atoms with Crippen molar-refractivity contribution in [3.8, 4) is 11.6 Å². The minimum atomic E-state index is -3.84. The summed E-state index contributed by atoms with van der Waals surface area (Å²) in [6.07, 6.45) is 0. The summed E-state index contributed by atoms with van der Waals surface area (Å²) in [4.78, 5) is 12.2. The van der Waals surface area contributed by atoms with Crippen molar-refractivity contribution >= 4 is 21.6 Å². The van der Waals surface area contributed by atoms with Crippen LogP contribution in [-0.4, -0.2) is 41.6 Å². The number of hydrogen-bond acceptors (Lipinski definition) is 6. The number of ether oxygens (including phenoxy) is 1. The van der Waals surface area contributed by atoms with E-state index in [0.29, 0.717) is 17.1 Å². The van der Waals surface area contributed by atoms with Crippen LogP contribution in [0.3, 0.4) is 0 Å². The SMILES string of the molecule is COc1cc(C)c(S(=O)(=O)NCCn2nc(-n3nc(C)cc3C)ccc2=O)cc1Cl. The monoisotopic (exact) mass is 451 g/mol. The van der Waals surface area contributed by atoms with E-state index in [1.165, 1.54) is 23.9 Å². The van der Waals surface area contributed by atoms with E-state index in [0.717, 1.165) is 11.4 Å². The van der Waals surface area contributed by atoms with Crippen molar-refractivity contribution < 1.29 is 13.2 Å².